The van der Waals surface area contributed by atoms with Crippen molar-refractivity contribution in [3.63, 3.8) is 0 Å². The van der Waals surface area contributed by atoms with E-state index in [1.165, 1.54) is 85.7 Å². The molecule has 0 saturated heterocycles. The van der Waals surface area contributed by atoms with E-state index in [9.17, 15) is 5.26 Å². The van der Waals surface area contributed by atoms with Crippen LogP contribution in [0.2, 0.25) is 0 Å². The molecule has 11 aromatic rings. The quantitative estimate of drug-likeness (QED) is 0.178. The molecule has 9 aromatic carbocycles. The molecule has 13 rings (SSSR count). The van der Waals surface area contributed by atoms with E-state index in [1.807, 2.05) is 35.7 Å². The third kappa shape index (κ3) is 4.99. The van der Waals surface area contributed by atoms with Gasteiger partial charge in [0.2, 0.25) is 0 Å². The van der Waals surface area contributed by atoms with Gasteiger partial charge >= 0.3 is 0 Å². The van der Waals surface area contributed by atoms with Gasteiger partial charge in [-0.15, -0.1) is 0 Å². The molecule has 4 heterocycles. The number of aromatic nitrogens is 2. The molecule has 0 unspecified atom stereocenters. The summed E-state index contributed by atoms with van der Waals surface area (Å²) in [5.74, 6) is 0. The Morgan fingerprint density at radius 1 is 0.333 bits per heavy atom. The zero-order valence-corrected chi connectivity index (χ0v) is 33.7. The normalized spacial score (nSPS) is 12.5. The summed E-state index contributed by atoms with van der Waals surface area (Å²) in [6, 6.07) is 70.6. The maximum atomic E-state index is 10.3. The molecule has 0 saturated carbocycles. The van der Waals surface area contributed by atoms with Crippen molar-refractivity contribution in [3.05, 3.63) is 194 Å². The van der Waals surface area contributed by atoms with Crippen molar-refractivity contribution >= 4 is 67.1 Å². The van der Waals surface area contributed by atoms with Crippen LogP contribution in [0.4, 0.5) is 0 Å². The zero-order valence-electron chi connectivity index (χ0n) is 32.1. The first kappa shape index (κ1) is 33.7. The summed E-state index contributed by atoms with van der Waals surface area (Å²) < 4.78 is 4.86. The number of fused-ring (bicyclic) bond motifs is 10. The highest BCUT2D eigenvalue weighted by atomic mass is 32.2. The Morgan fingerprint density at radius 3 is 1.22 bits per heavy atom. The number of nitriles is 1. The van der Waals surface area contributed by atoms with Crippen molar-refractivity contribution in [3.8, 4) is 62.0 Å². The Balaban J connectivity index is 0.884. The van der Waals surface area contributed by atoms with Crippen LogP contribution in [0.1, 0.15) is 5.56 Å². The van der Waals surface area contributed by atoms with Crippen LogP contribution < -0.4 is 0 Å². The average molecular weight is 798 g/mol. The number of hydrogen-bond acceptors (Lipinski definition) is 3. The lowest BCUT2D eigenvalue weighted by atomic mass is 9.93. The summed E-state index contributed by atoms with van der Waals surface area (Å²) in [6.07, 6.45) is 0. The van der Waals surface area contributed by atoms with Gasteiger partial charge in [0.05, 0.1) is 45.1 Å². The van der Waals surface area contributed by atoms with Gasteiger partial charge in [-0.3, -0.25) is 0 Å². The predicted octanol–water partition coefficient (Wildman–Crippen LogP) is 15.3. The minimum Gasteiger partial charge on any atom is -0.307 e. The van der Waals surface area contributed by atoms with Crippen LogP contribution in [-0.4, -0.2) is 9.13 Å². The van der Waals surface area contributed by atoms with Gasteiger partial charge in [-0.1, -0.05) is 121 Å². The highest BCUT2D eigenvalue weighted by Gasteiger charge is 2.24. The van der Waals surface area contributed by atoms with E-state index in [-0.39, 0.29) is 0 Å². The number of rotatable bonds is 4. The Hall–Kier alpha value is -7.23. The first-order valence-corrected chi connectivity index (χ1v) is 21.8. The maximum absolute atomic E-state index is 10.3. The molecule has 2 aromatic heterocycles. The molecular weight excluding hydrogens is 767 g/mol. The monoisotopic (exact) mass is 797 g/mol. The fourth-order valence-corrected chi connectivity index (χ4v) is 11.8. The summed E-state index contributed by atoms with van der Waals surface area (Å²) in [6.45, 7) is 0. The van der Waals surface area contributed by atoms with Crippen LogP contribution in [0.3, 0.4) is 0 Å². The second-order valence-corrected chi connectivity index (χ2v) is 17.8. The number of benzene rings is 9. The summed E-state index contributed by atoms with van der Waals surface area (Å²) in [7, 11) is 0. The van der Waals surface area contributed by atoms with Crippen molar-refractivity contribution in [2.75, 3.05) is 0 Å². The highest BCUT2D eigenvalue weighted by Crippen LogP contribution is 2.49. The molecule has 0 fully saturated rings. The molecule has 0 radical (unpaired) electrons. The lowest BCUT2D eigenvalue weighted by molar-refractivity contribution is 1.09. The molecule has 60 heavy (non-hydrogen) atoms. The van der Waals surface area contributed by atoms with Gasteiger partial charge in [-0.25, -0.2) is 0 Å². The SMILES string of the molecule is N#Cc1cc(-c2cccc(-c3ccc4c(c3)c3cccc5c3n4-c3ccccc3S5)c2)cc(-c2cccc(-c3ccc4c(c3)c3cccc5c3n4-c3ccccc3S5)c2)c1. The van der Waals surface area contributed by atoms with Crippen LogP contribution in [-0.2, 0) is 0 Å². The molecule has 2 aliphatic rings. The summed E-state index contributed by atoms with van der Waals surface area (Å²) in [5, 5.41) is 15.3. The van der Waals surface area contributed by atoms with Crippen LogP contribution in [0, 0.1) is 11.3 Å². The largest absolute Gasteiger partial charge is 0.307 e. The van der Waals surface area contributed by atoms with Crippen molar-refractivity contribution < 1.29 is 0 Å². The first-order chi connectivity index (χ1) is 29.7. The fraction of sp³-hybridized carbons (Fsp3) is 0. The minimum absolute atomic E-state index is 0.640. The van der Waals surface area contributed by atoms with E-state index in [2.05, 4.69) is 191 Å². The molecule has 3 nitrogen and oxygen atoms in total. The molecule has 0 N–H and O–H groups in total. The van der Waals surface area contributed by atoms with Crippen LogP contribution in [0.5, 0.6) is 0 Å². The van der Waals surface area contributed by atoms with E-state index in [0.29, 0.717) is 5.56 Å². The van der Waals surface area contributed by atoms with Gasteiger partial charge in [0.15, 0.2) is 0 Å². The maximum Gasteiger partial charge on any atom is 0.0992 e. The molecule has 0 bridgehead atoms. The average Bonchev–Trinajstić information content (AvgIpc) is 3.83. The Morgan fingerprint density at radius 2 is 0.733 bits per heavy atom. The third-order valence-corrected chi connectivity index (χ3v) is 14.5. The lowest BCUT2D eigenvalue weighted by Crippen LogP contribution is -2.00. The van der Waals surface area contributed by atoms with Crippen molar-refractivity contribution in [1.82, 2.24) is 9.13 Å². The van der Waals surface area contributed by atoms with E-state index in [4.69, 9.17) is 0 Å². The summed E-state index contributed by atoms with van der Waals surface area (Å²) in [4.78, 5) is 5.13. The predicted molar refractivity (Wildman–Crippen MR) is 250 cm³/mol. The van der Waals surface area contributed by atoms with Gasteiger partial charge in [-0.05, 0) is 136 Å². The van der Waals surface area contributed by atoms with Crippen molar-refractivity contribution in [2.24, 2.45) is 0 Å². The topological polar surface area (TPSA) is 33.6 Å². The fourth-order valence-electron chi connectivity index (χ4n) is 9.57. The summed E-state index contributed by atoms with van der Waals surface area (Å²) >= 11 is 3.70. The molecule has 0 spiro atoms. The number of hydrogen-bond donors (Lipinski definition) is 0. The summed E-state index contributed by atoms with van der Waals surface area (Å²) in [5.41, 5.74) is 16.9. The Kier molecular flexibility index (Phi) is 7.24. The van der Waals surface area contributed by atoms with E-state index in [1.54, 1.807) is 0 Å². The molecular formula is C55H31N3S2. The number of para-hydroxylation sites is 4. The first-order valence-electron chi connectivity index (χ1n) is 20.1. The lowest BCUT2D eigenvalue weighted by Gasteiger charge is -2.19. The second kappa shape index (κ2) is 12.9. The van der Waals surface area contributed by atoms with Crippen LogP contribution in [0.25, 0.3) is 99.5 Å². The van der Waals surface area contributed by atoms with E-state index >= 15 is 0 Å². The molecule has 2 aliphatic heterocycles. The van der Waals surface area contributed by atoms with Crippen molar-refractivity contribution in [2.45, 2.75) is 19.6 Å². The second-order valence-electron chi connectivity index (χ2n) is 15.7. The van der Waals surface area contributed by atoms with Gasteiger partial charge in [0, 0.05) is 41.1 Å². The molecule has 278 valence electrons. The Bertz CT molecular complexity index is 3460. The third-order valence-electron chi connectivity index (χ3n) is 12.3. The minimum atomic E-state index is 0.640. The van der Waals surface area contributed by atoms with Gasteiger partial charge < -0.3 is 9.13 Å². The van der Waals surface area contributed by atoms with E-state index in [0.717, 1.165) is 33.4 Å². The molecule has 0 atom stereocenters. The number of nitrogens with zero attached hydrogens (tertiary/aromatic N) is 3. The Labute approximate surface area is 354 Å². The zero-order chi connectivity index (χ0) is 39.5. The molecule has 0 aliphatic carbocycles. The molecule has 5 heteroatoms. The van der Waals surface area contributed by atoms with Crippen LogP contribution >= 0.6 is 23.5 Å². The van der Waals surface area contributed by atoms with Crippen LogP contribution in [0.15, 0.2) is 208 Å². The van der Waals surface area contributed by atoms with Gasteiger partial charge in [0.25, 0.3) is 0 Å². The van der Waals surface area contributed by atoms with Gasteiger partial charge in [-0.2, -0.15) is 5.26 Å². The molecule has 0 amide bonds. The van der Waals surface area contributed by atoms with Gasteiger partial charge in [0.1, 0.15) is 0 Å². The standard InChI is InChI=1S/C55H31N3S2/c56-32-33-25-40(36-11-5-9-34(27-36)38-21-23-46-44(30-38)42-13-7-19-52-54(42)57(46)48-15-1-3-17-50(48)59-52)29-41(26-33)37-12-6-10-35(28-37)39-22-24-47-45(31-39)43-14-8-20-53-55(43)58(47)49-16-2-4-18-51(49)60-53/h1-31H. The smallest absolute Gasteiger partial charge is 0.0992 e. The van der Waals surface area contributed by atoms with E-state index < -0.39 is 0 Å². The highest BCUT2D eigenvalue weighted by molar-refractivity contribution is 8.00. The van der Waals surface area contributed by atoms with Crippen molar-refractivity contribution in [1.29, 1.82) is 5.26 Å².